The minimum absolute atomic E-state index is 0.253. The van der Waals surface area contributed by atoms with Crippen LogP contribution in [0.4, 0.5) is 0 Å². The maximum atomic E-state index is 6.57. The van der Waals surface area contributed by atoms with E-state index in [1.54, 1.807) is 0 Å². The van der Waals surface area contributed by atoms with Gasteiger partial charge in [-0.05, 0) is 79.4 Å². The quantitative estimate of drug-likeness (QED) is 0.907. The molecular formula is C18H23NO. The second-order valence-corrected chi connectivity index (χ2v) is 7.48. The first-order valence-corrected chi connectivity index (χ1v) is 8.33. The largest absolute Gasteiger partial charge is 0.490 e. The minimum Gasteiger partial charge on any atom is -0.490 e. The van der Waals surface area contributed by atoms with E-state index in [2.05, 4.69) is 24.3 Å². The smallest absolute Gasteiger partial charge is 0.119 e. The first kappa shape index (κ1) is 11.6. The zero-order chi connectivity index (χ0) is 13.3. The van der Waals surface area contributed by atoms with Crippen molar-refractivity contribution < 1.29 is 4.74 Å². The molecule has 0 spiro atoms. The Morgan fingerprint density at radius 3 is 2.20 bits per heavy atom. The average Bonchev–Trinajstić information content (AvgIpc) is 3.37. The molecule has 5 unspecified atom stereocenters. The molecule has 2 heteroatoms. The van der Waals surface area contributed by atoms with Crippen molar-refractivity contribution in [2.75, 3.05) is 0 Å². The molecule has 2 N–H and O–H groups in total. The van der Waals surface area contributed by atoms with Crippen LogP contribution in [-0.4, -0.2) is 6.10 Å². The predicted octanol–water partition coefficient (Wildman–Crippen LogP) is 3.52. The Balaban J connectivity index is 1.30. The highest BCUT2D eigenvalue weighted by Crippen LogP contribution is 2.71. The van der Waals surface area contributed by atoms with Crippen molar-refractivity contribution >= 4 is 0 Å². The van der Waals surface area contributed by atoms with Gasteiger partial charge in [0.2, 0.25) is 0 Å². The molecule has 4 fully saturated rings. The summed E-state index contributed by atoms with van der Waals surface area (Å²) < 4.78 is 5.81. The van der Waals surface area contributed by atoms with Gasteiger partial charge in [0, 0.05) is 6.04 Å². The molecule has 0 radical (unpaired) electrons. The molecular weight excluding hydrogens is 246 g/mol. The van der Waals surface area contributed by atoms with Crippen molar-refractivity contribution in [2.24, 2.45) is 35.3 Å². The minimum atomic E-state index is 0.253. The number of benzene rings is 1. The maximum Gasteiger partial charge on any atom is 0.119 e. The lowest BCUT2D eigenvalue weighted by atomic mass is 9.93. The van der Waals surface area contributed by atoms with E-state index >= 15 is 0 Å². The molecule has 5 rings (SSSR count). The Hall–Kier alpha value is -1.02. The SMILES string of the molecule is NC(c1ccc(OC2CC2)cc1)C1C2C3CCC(C3)C21. The second-order valence-electron chi connectivity index (χ2n) is 7.48. The summed E-state index contributed by atoms with van der Waals surface area (Å²) in [5.41, 5.74) is 7.88. The molecule has 106 valence electrons. The van der Waals surface area contributed by atoms with Crippen LogP contribution < -0.4 is 10.5 Å². The summed E-state index contributed by atoms with van der Waals surface area (Å²) in [7, 11) is 0. The van der Waals surface area contributed by atoms with Gasteiger partial charge >= 0.3 is 0 Å². The lowest BCUT2D eigenvalue weighted by Crippen LogP contribution is -2.17. The molecule has 0 amide bonds. The summed E-state index contributed by atoms with van der Waals surface area (Å²) in [6, 6.07) is 8.86. The van der Waals surface area contributed by atoms with Crippen molar-refractivity contribution in [2.45, 2.75) is 44.2 Å². The van der Waals surface area contributed by atoms with E-state index in [1.165, 1.54) is 37.7 Å². The normalized spacial score (nSPS) is 42.4. The Morgan fingerprint density at radius 1 is 0.950 bits per heavy atom. The molecule has 2 nitrogen and oxygen atoms in total. The molecule has 0 heterocycles. The zero-order valence-electron chi connectivity index (χ0n) is 11.9. The van der Waals surface area contributed by atoms with Crippen molar-refractivity contribution in [1.82, 2.24) is 0 Å². The van der Waals surface area contributed by atoms with E-state index < -0.39 is 0 Å². The van der Waals surface area contributed by atoms with Crippen LogP contribution in [0.25, 0.3) is 0 Å². The monoisotopic (exact) mass is 269 g/mol. The molecule has 1 aromatic rings. The van der Waals surface area contributed by atoms with Crippen LogP contribution in [0.1, 0.15) is 43.7 Å². The van der Waals surface area contributed by atoms with Gasteiger partial charge in [-0.2, -0.15) is 0 Å². The third-order valence-electron chi connectivity index (χ3n) is 6.30. The Bertz CT molecular complexity index is 505. The fourth-order valence-corrected chi connectivity index (χ4v) is 5.24. The summed E-state index contributed by atoms with van der Waals surface area (Å²) in [5.74, 6) is 5.74. The zero-order valence-corrected chi connectivity index (χ0v) is 11.9. The fourth-order valence-electron chi connectivity index (χ4n) is 5.24. The summed E-state index contributed by atoms with van der Waals surface area (Å²) in [4.78, 5) is 0. The van der Waals surface area contributed by atoms with Gasteiger partial charge in [-0.15, -0.1) is 0 Å². The molecule has 4 aliphatic rings. The molecule has 4 aliphatic carbocycles. The first-order chi connectivity index (χ1) is 9.81. The number of hydrogen-bond donors (Lipinski definition) is 1. The fraction of sp³-hybridized carbons (Fsp3) is 0.667. The topological polar surface area (TPSA) is 35.2 Å². The summed E-state index contributed by atoms with van der Waals surface area (Å²) >= 11 is 0. The Kier molecular flexibility index (Phi) is 2.33. The van der Waals surface area contributed by atoms with Crippen LogP contribution in [0.15, 0.2) is 24.3 Å². The van der Waals surface area contributed by atoms with Crippen molar-refractivity contribution in [1.29, 1.82) is 0 Å². The van der Waals surface area contributed by atoms with E-state index in [0.29, 0.717) is 6.10 Å². The molecule has 0 aromatic heterocycles. The predicted molar refractivity (Wildman–Crippen MR) is 78.3 cm³/mol. The van der Waals surface area contributed by atoms with Gasteiger partial charge in [0.1, 0.15) is 5.75 Å². The first-order valence-electron chi connectivity index (χ1n) is 8.33. The third kappa shape index (κ3) is 1.67. The highest BCUT2D eigenvalue weighted by Gasteiger charge is 2.66. The number of rotatable bonds is 4. The van der Waals surface area contributed by atoms with Gasteiger partial charge in [0.15, 0.2) is 0 Å². The lowest BCUT2D eigenvalue weighted by molar-refractivity contribution is 0.303. The molecule has 4 saturated carbocycles. The number of hydrogen-bond acceptors (Lipinski definition) is 2. The van der Waals surface area contributed by atoms with Crippen LogP contribution in [0, 0.1) is 29.6 Å². The number of fused-ring (bicyclic) bond motifs is 5. The van der Waals surface area contributed by atoms with Crippen LogP contribution in [0.5, 0.6) is 5.75 Å². The van der Waals surface area contributed by atoms with Crippen molar-refractivity contribution in [3.63, 3.8) is 0 Å². The van der Waals surface area contributed by atoms with Crippen molar-refractivity contribution in [3.8, 4) is 5.75 Å². The van der Waals surface area contributed by atoms with Gasteiger partial charge in [-0.25, -0.2) is 0 Å². The average molecular weight is 269 g/mol. The Morgan fingerprint density at radius 2 is 1.60 bits per heavy atom. The summed E-state index contributed by atoms with van der Waals surface area (Å²) in [6.45, 7) is 0. The van der Waals surface area contributed by atoms with Gasteiger partial charge in [-0.1, -0.05) is 12.1 Å². The molecule has 1 aromatic carbocycles. The molecule has 20 heavy (non-hydrogen) atoms. The van der Waals surface area contributed by atoms with Crippen molar-refractivity contribution in [3.05, 3.63) is 29.8 Å². The number of ether oxygens (including phenoxy) is 1. The third-order valence-corrected chi connectivity index (χ3v) is 6.30. The molecule has 5 atom stereocenters. The highest BCUT2D eigenvalue weighted by molar-refractivity contribution is 5.32. The lowest BCUT2D eigenvalue weighted by Gasteiger charge is -2.17. The van der Waals surface area contributed by atoms with Gasteiger partial charge in [-0.3, -0.25) is 0 Å². The molecule has 0 aliphatic heterocycles. The van der Waals surface area contributed by atoms with E-state index in [4.69, 9.17) is 10.5 Å². The van der Waals surface area contributed by atoms with E-state index in [0.717, 1.165) is 35.3 Å². The van der Waals surface area contributed by atoms with Crippen LogP contribution in [-0.2, 0) is 0 Å². The second kappa shape index (κ2) is 4.00. The number of nitrogens with two attached hydrogens (primary N) is 1. The summed E-state index contributed by atoms with van der Waals surface area (Å²) in [6.07, 6.45) is 7.37. The van der Waals surface area contributed by atoms with Gasteiger partial charge < -0.3 is 10.5 Å². The maximum absolute atomic E-state index is 6.57. The summed E-state index contributed by atoms with van der Waals surface area (Å²) in [5, 5.41) is 0. The standard InChI is InChI=1S/C18H23NO/c19-18(17-15-11-1-2-12(9-11)16(15)17)10-3-5-13(6-4-10)20-14-7-8-14/h3-6,11-12,14-18H,1-2,7-9,19H2. The van der Waals surface area contributed by atoms with Crippen LogP contribution in [0.2, 0.25) is 0 Å². The molecule has 0 saturated heterocycles. The van der Waals surface area contributed by atoms with Gasteiger partial charge in [0.25, 0.3) is 0 Å². The van der Waals surface area contributed by atoms with Gasteiger partial charge in [0.05, 0.1) is 6.10 Å². The Labute approximate surface area is 120 Å². The van der Waals surface area contributed by atoms with Crippen LogP contribution in [0.3, 0.4) is 0 Å². The van der Waals surface area contributed by atoms with E-state index in [-0.39, 0.29) is 6.04 Å². The molecule has 2 bridgehead atoms. The van der Waals surface area contributed by atoms with E-state index in [9.17, 15) is 0 Å². The highest BCUT2D eigenvalue weighted by atomic mass is 16.5. The van der Waals surface area contributed by atoms with Crippen LogP contribution >= 0.6 is 0 Å². The van der Waals surface area contributed by atoms with E-state index in [1.807, 2.05) is 0 Å².